The van der Waals surface area contributed by atoms with Gasteiger partial charge in [-0.3, -0.25) is 9.88 Å². The summed E-state index contributed by atoms with van der Waals surface area (Å²) < 4.78 is 57.0. The number of imidazole rings is 1. The number of alkyl halides is 3. The van der Waals surface area contributed by atoms with Crippen molar-refractivity contribution < 1.29 is 22.6 Å². The molecule has 4 aromatic rings. The molecular formula is C28H29ClF3N7O2. The lowest BCUT2D eigenvalue weighted by atomic mass is 10.1. The lowest BCUT2D eigenvalue weighted by molar-refractivity contribution is -0.137. The zero-order chi connectivity index (χ0) is 28.6. The average Bonchev–Trinajstić information content (AvgIpc) is 3.56. The van der Waals surface area contributed by atoms with Crippen LogP contribution in [-0.4, -0.2) is 74.3 Å². The van der Waals surface area contributed by atoms with Gasteiger partial charge in [0.25, 0.3) is 0 Å². The molecule has 9 nitrogen and oxygen atoms in total. The summed E-state index contributed by atoms with van der Waals surface area (Å²) >= 11 is 6.18. The van der Waals surface area contributed by atoms with Crippen LogP contribution in [0.1, 0.15) is 31.0 Å². The maximum Gasteiger partial charge on any atom is 0.417 e. The Hall–Kier alpha value is -3.48. The number of rotatable bonds is 9. The fourth-order valence-corrected chi connectivity index (χ4v) is 5.01. The molecule has 0 amide bonds. The van der Waals surface area contributed by atoms with Gasteiger partial charge in [-0.25, -0.2) is 9.97 Å². The van der Waals surface area contributed by atoms with Gasteiger partial charge in [-0.2, -0.15) is 18.2 Å². The van der Waals surface area contributed by atoms with E-state index in [9.17, 15) is 13.2 Å². The molecule has 0 spiro atoms. The molecule has 41 heavy (non-hydrogen) atoms. The molecule has 6 rings (SSSR count). The number of benzene rings is 1. The summed E-state index contributed by atoms with van der Waals surface area (Å²) in [6.07, 6.45) is -0.0883. The predicted molar refractivity (Wildman–Crippen MR) is 147 cm³/mol. The van der Waals surface area contributed by atoms with E-state index in [1.807, 2.05) is 6.92 Å². The first-order valence-electron chi connectivity index (χ1n) is 13.5. The summed E-state index contributed by atoms with van der Waals surface area (Å²) in [7, 11) is 0. The Bertz CT molecular complexity index is 1550. The molecule has 0 atom stereocenters. The van der Waals surface area contributed by atoms with Crippen molar-refractivity contribution in [3.63, 3.8) is 0 Å². The van der Waals surface area contributed by atoms with E-state index in [1.165, 1.54) is 18.5 Å². The van der Waals surface area contributed by atoms with Crippen molar-refractivity contribution in [2.45, 2.75) is 38.1 Å². The molecule has 13 heteroatoms. The van der Waals surface area contributed by atoms with E-state index in [-0.39, 0.29) is 47.3 Å². The number of fused-ring (bicyclic) bond motifs is 1. The van der Waals surface area contributed by atoms with Crippen LogP contribution in [0.5, 0.6) is 11.6 Å². The van der Waals surface area contributed by atoms with E-state index in [0.717, 1.165) is 45.1 Å². The van der Waals surface area contributed by atoms with Crippen LogP contribution in [0.4, 0.5) is 13.2 Å². The van der Waals surface area contributed by atoms with Crippen LogP contribution in [0.3, 0.4) is 0 Å². The lowest BCUT2D eigenvalue weighted by Crippen LogP contribution is -2.44. The van der Waals surface area contributed by atoms with Crippen LogP contribution in [-0.2, 0) is 12.7 Å². The molecule has 2 aliphatic rings. The monoisotopic (exact) mass is 587 g/mol. The Morgan fingerprint density at radius 2 is 1.88 bits per heavy atom. The van der Waals surface area contributed by atoms with Crippen LogP contribution in [0.15, 0.2) is 42.9 Å². The third kappa shape index (κ3) is 6.24. The zero-order valence-electron chi connectivity index (χ0n) is 22.4. The molecule has 1 aliphatic carbocycles. The molecule has 4 heterocycles. The van der Waals surface area contributed by atoms with Crippen molar-refractivity contribution in [1.29, 1.82) is 0 Å². The van der Waals surface area contributed by atoms with Gasteiger partial charge in [0.1, 0.15) is 30.1 Å². The van der Waals surface area contributed by atoms with Gasteiger partial charge in [0.15, 0.2) is 11.2 Å². The fraction of sp³-hybridized carbons (Fsp3) is 0.429. The van der Waals surface area contributed by atoms with Crippen LogP contribution in [0.2, 0.25) is 5.02 Å². The van der Waals surface area contributed by atoms with Gasteiger partial charge in [0.2, 0.25) is 5.88 Å². The minimum atomic E-state index is -4.67. The Labute approximate surface area is 239 Å². The van der Waals surface area contributed by atoms with Crippen molar-refractivity contribution in [2.75, 3.05) is 39.3 Å². The maximum absolute atomic E-state index is 14.5. The van der Waals surface area contributed by atoms with Crippen LogP contribution in [0.25, 0.3) is 22.6 Å². The summed E-state index contributed by atoms with van der Waals surface area (Å²) in [5.74, 6) is 0.434. The van der Waals surface area contributed by atoms with Gasteiger partial charge < -0.3 is 19.4 Å². The molecule has 216 valence electrons. The SMILES string of the molecule is CC1(Oc2ncnc3c2nc(-c2ccc(OCCN4CCNCC4)cc2C(F)(F)F)n3Cc2cc(Cl)ccn2)CC1. The van der Waals surface area contributed by atoms with Gasteiger partial charge in [0, 0.05) is 49.5 Å². The molecular weight excluding hydrogens is 559 g/mol. The number of pyridine rings is 1. The molecule has 0 bridgehead atoms. The number of halogens is 4. The Morgan fingerprint density at radius 3 is 2.61 bits per heavy atom. The first-order chi connectivity index (χ1) is 19.7. The Balaban J connectivity index is 1.40. The third-order valence-corrected chi connectivity index (χ3v) is 7.55. The van der Waals surface area contributed by atoms with Gasteiger partial charge in [-0.15, -0.1) is 0 Å². The number of ether oxygens (including phenoxy) is 2. The Morgan fingerprint density at radius 1 is 1.07 bits per heavy atom. The lowest BCUT2D eigenvalue weighted by Gasteiger charge is -2.27. The topological polar surface area (TPSA) is 90.2 Å². The first-order valence-corrected chi connectivity index (χ1v) is 13.8. The number of aromatic nitrogens is 5. The van der Waals surface area contributed by atoms with E-state index in [1.54, 1.807) is 22.9 Å². The van der Waals surface area contributed by atoms with Gasteiger partial charge in [0.05, 0.1) is 17.8 Å². The zero-order valence-corrected chi connectivity index (χ0v) is 23.2. The molecule has 2 fully saturated rings. The number of hydrogen-bond acceptors (Lipinski definition) is 8. The number of nitrogens with one attached hydrogen (secondary N) is 1. The van der Waals surface area contributed by atoms with Crippen molar-refractivity contribution in [3.05, 3.63) is 59.1 Å². The summed E-state index contributed by atoms with van der Waals surface area (Å²) in [4.78, 5) is 19.8. The molecule has 1 aliphatic heterocycles. The summed E-state index contributed by atoms with van der Waals surface area (Å²) in [6.45, 7) is 6.48. The predicted octanol–water partition coefficient (Wildman–Crippen LogP) is 4.82. The van der Waals surface area contributed by atoms with Crippen LogP contribution in [0, 0.1) is 0 Å². The Kier molecular flexibility index (Phi) is 7.47. The maximum atomic E-state index is 14.5. The quantitative estimate of drug-likeness (QED) is 0.298. The number of piperazine rings is 1. The largest absolute Gasteiger partial charge is 0.492 e. The molecule has 1 aromatic carbocycles. The molecule has 1 saturated carbocycles. The molecule has 1 N–H and O–H groups in total. The third-order valence-electron chi connectivity index (χ3n) is 7.32. The van der Waals surface area contributed by atoms with Crippen LogP contribution >= 0.6 is 11.6 Å². The van der Waals surface area contributed by atoms with Crippen molar-refractivity contribution >= 4 is 22.8 Å². The molecule has 0 unspecified atom stereocenters. The van der Waals surface area contributed by atoms with Crippen LogP contribution < -0.4 is 14.8 Å². The smallest absolute Gasteiger partial charge is 0.417 e. The summed E-state index contributed by atoms with van der Waals surface area (Å²) in [5.41, 5.74) is -0.203. The number of nitrogens with zero attached hydrogens (tertiary/aromatic N) is 6. The molecule has 0 radical (unpaired) electrons. The van der Waals surface area contributed by atoms with E-state index < -0.39 is 11.7 Å². The normalized spacial score (nSPS) is 17.1. The second kappa shape index (κ2) is 11.1. The van der Waals surface area contributed by atoms with Crippen molar-refractivity contribution in [2.24, 2.45) is 0 Å². The highest BCUT2D eigenvalue weighted by Gasteiger charge is 2.41. The second-order valence-electron chi connectivity index (χ2n) is 10.5. The van der Waals surface area contributed by atoms with Gasteiger partial charge in [-0.05, 0) is 50.1 Å². The first kappa shape index (κ1) is 27.7. The van der Waals surface area contributed by atoms with E-state index in [4.69, 9.17) is 21.1 Å². The minimum absolute atomic E-state index is 0.0627. The molecule has 3 aromatic heterocycles. The van der Waals surface area contributed by atoms with E-state index >= 15 is 0 Å². The minimum Gasteiger partial charge on any atom is -0.492 e. The highest BCUT2D eigenvalue weighted by atomic mass is 35.5. The van der Waals surface area contributed by atoms with Crippen molar-refractivity contribution in [1.82, 2.24) is 34.7 Å². The number of hydrogen-bond donors (Lipinski definition) is 1. The second-order valence-corrected chi connectivity index (χ2v) is 11.0. The molecule has 1 saturated heterocycles. The van der Waals surface area contributed by atoms with Gasteiger partial charge >= 0.3 is 6.18 Å². The standard InChI is InChI=1S/C28H29ClF3N7O2/c1-27(5-6-27)41-26-23-25(35-17-36-26)39(16-19-14-18(29)4-7-34-19)24(37-23)21-3-2-20(15-22(21)28(30,31)32)40-13-12-38-10-8-33-9-11-38/h2-4,7,14-15,17,33H,5-6,8-13,16H2,1H3. The van der Waals surface area contributed by atoms with E-state index in [0.29, 0.717) is 22.9 Å². The van der Waals surface area contributed by atoms with Gasteiger partial charge in [-0.1, -0.05) is 11.6 Å². The summed E-state index contributed by atoms with van der Waals surface area (Å²) in [5, 5.41) is 3.73. The summed E-state index contributed by atoms with van der Waals surface area (Å²) in [6, 6.07) is 7.25. The average molecular weight is 588 g/mol. The van der Waals surface area contributed by atoms with E-state index in [2.05, 4.69) is 30.2 Å². The van der Waals surface area contributed by atoms with Crippen molar-refractivity contribution in [3.8, 4) is 23.0 Å². The fourth-order valence-electron chi connectivity index (χ4n) is 4.82. The highest BCUT2D eigenvalue weighted by molar-refractivity contribution is 6.30. The highest BCUT2D eigenvalue weighted by Crippen LogP contribution is 2.43.